The fourth-order valence-electron chi connectivity index (χ4n) is 11.6. The molecule has 10 N–H and O–H groups in total. The summed E-state index contributed by atoms with van der Waals surface area (Å²) in [5.74, 6) is -4.55. The zero-order chi connectivity index (χ0) is 58.1. The number of alkyl carbamates (subject to hydrolysis) is 1. The number of rotatable bonds is 13. The van der Waals surface area contributed by atoms with Crippen molar-refractivity contribution in [2.45, 2.75) is 114 Å². The number of aromatic nitrogens is 2. The normalized spacial score (nSPS) is 25.7. The minimum atomic E-state index is -2.40. The van der Waals surface area contributed by atoms with Crippen LogP contribution in [0.5, 0.6) is 23.0 Å². The van der Waals surface area contributed by atoms with Crippen LogP contribution in [0, 0.1) is 11.8 Å². The third-order valence-electron chi connectivity index (χ3n) is 15.7. The number of carbonyl (C=O) groups is 6. The third-order valence-corrected chi connectivity index (χ3v) is 15.7. The van der Waals surface area contributed by atoms with Gasteiger partial charge < -0.3 is 70.9 Å². The minimum Gasteiger partial charge on any atom is -0.507 e. The fraction of sp³-hybridized carbons (Fsp3) is 0.379. The number of anilines is 1. The number of hydrogen-bond donors (Lipinski definition) is 9. The molecule has 5 aromatic rings. The van der Waals surface area contributed by atoms with Crippen LogP contribution in [0.3, 0.4) is 0 Å². The molecule has 10 unspecified atom stereocenters. The first-order valence-electron chi connectivity index (χ1n) is 26.7. The Hall–Kier alpha value is -8.52. The molecule has 0 bridgehead atoms. The summed E-state index contributed by atoms with van der Waals surface area (Å²) in [5.41, 5.74) is 6.22. The Morgan fingerprint density at radius 2 is 1.52 bits per heavy atom. The number of benzene rings is 3. The number of nitrogens with zero attached hydrogens (tertiary/aromatic N) is 4. The fourth-order valence-corrected chi connectivity index (χ4v) is 11.6. The third kappa shape index (κ3) is 11.3. The molecule has 2 fully saturated rings. The maximum absolute atomic E-state index is 14.1. The molecule has 3 amide bonds. The Balaban J connectivity index is 0.763. The topological polar surface area (TPSA) is 362 Å². The molecule has 24 nitrogen and oxygen atoms in total. The van der Waals surface area contributed by atoms with Crippen LogP contribution >= 0.6 is 0 Å². The molecule has 0 spiro atoms. The maximum Gasteiger partial charge on any atom is 0.412 e. The Bertz CT molecular complexity index is 3400. The van der Waals surface area contributed by atoms with E-state index in [1.807, 2.05) is 18.2 Å². The van der Waals surface area contributed by atoms with Crippen LogP contribution < -0.4 is 31.2 Å². The van der Waals surface area contributed by atoms with E-state index < -0.39 is 120 Å². The van der Waals surface area contributed by atoms with Crippen molar-refractivity contribution < 1.29 is 78.0 Å². The number of aliphatic hydroxyl groups excluding tert-OH is 2. The number of carbonyl (C=O) groups excluding carboxylic acids is 6. The lowest BCUT2D eigenvalue weighted by Crippen LogP contribution is -2.56. The molecule has 1 saturated heterocycles. The van der Waals surface area contributed by atoms with Crippen molar-refractivity contribution in [2.75, 3.05) is 19.0 Å². The number of methoxy groups -OCH3 is 1. The average Bonchev–Trinajstić information content (AvgIpc) is 1.34. The van der Waals surface area contributed by atoms with Gasteiger partial charge in [0.25, 0.3) is 0 Å². The van der Waals surface area contributed by atoms with E-state index in [9.17, 15) is 54.3 Å². The van der Waals surface area contributed by atoms with Gasteiger partial charge in [-0.05, 0) is 80.6 Å². The van der Waals surface area contributed by atoms with Gasteiger partial charge in [-0.15, -0.1) is 0 Å². The lowest BCUT2D eigenvalue weighted by Gasteiger charge is -2.42. The van der Waals surface area contributed by atoms with Crippen molar-refractivity contribution in [2.24, 2.45) is 27.8 Å². The number of phenolic OH excluding ortho intramolecular Hbond substituents is 2. The molecule has 3 aromatic carbocycles. The first kappa shape index (κ1) is 56.7. The minimum absolute atomic E-state index is 0.0359. The second-order valence-corrected chi connectivity index (χ2v) is 20.9. The van der Waals surface area contributed by atoms with E-state index in [4.69, 9.17) is 29.4 Å². The van der Waals surface area contributed by atoms with Crippen molar-refractivity contribution in [3.8, 4) is 23.0 Å². The van der Waals surface area contributed by atoms with Gasteiger partial charge in [-0.25, -0.2) is 9.59 Å². The second kappa shape index (κ2) is 23.5. The van der Waals surface area contributed by atoms with Crippen LogP contribution in [0.1, 0.15) is 118 Å². The SMILES string of the molecule is COc1cccc2c1C(=O)c1c(O)c3c(c(O)c1C2=O)CC(O)(C(=O)CO)CC3OC1CC(NC(=O)OCc2ccc(OC(=O)NC3CCC4C(c5ccc(NC(C)=O)cn5)=NN=C(c5ccccn5)C4CCC3N)cc2)C(O)C(C)O1. The summed E-state index contributed by atoms with van der Waals surface area (Å²) in [6, 6.07) is 17.6. The number of hydrogen-bond acceptors (Lipinski definition) is 21. The predicted molar refractivity (Wildman–Crippen MR) is 290 cm³/mol. The van der Waals surface area contributed by atoms with Gasteiger partial charge in [-0.2, -0.15) is 10.2 Å². The first-order chi connectivity index (χ1) is 39.4. The number of fused-ring (bicyclic) bond motifs is 4. The molecule has 10 atom stereocenters. The first-order valence-corrected chi connectivity index (χ1v) is 26.7. The van der Waals surface area contributed by atoms with E-state index in [0.29, 0.717) is 54.0 Å². The van der Waals surface area contributed by atoms with Gasteiger partial charge in [0.05, 0.1) is 76.7 Å². The lowest BCUT2D eigenvalue weighted by molar-refractivity contribution is -0.249. The van der Waals surface area contributed by atoms with Crippen LogP contribution in [0.2, 0.25) is 0 Å². The summed E-state index contributed by atoms with van der Waals surface area (Å²) in [5, 5.41) is 73.9. The molecular weight excluding hydrogens is 1060 g/mol. The van der Waals surface area contributed by atoms with Crippen molar-refractivity contribution in [1.29, 1.82) is 0 Å². The zero-order valence-electron chi connectivity index (χ0n) is 44.7. The van der Waals surface area contributed by atoms with Crippen molar-refractivity contribution in [3.05, 3.63) is 136 Å². The molecule has 2 aromatic heterocycles. The van der Waals surface area contributed by atoms with Gasteiger partial charge >= 0.3 is 12.2 Å². The van der Waals surface area contributed by atoms with Gasteiger partial charge in [-0.3, -0.25) is 29.1 Å². The van der Waals surface area contributed by atoms with Crippen molar-refractivity contribution >= 4 is 52.6 Å². The number of nitrogens with one attached hydrogen (secondary N) is 3. The van der Waals surface area contributed by atoms with Crippen LogP contribution in [0.4, 0.5) is 15.3 Å². The Kier molecular flexibility index (Phi) is 16.3. The summed E-state index contributed by atoms with van der Waals surface area (Å²) in [6.45, 7) is 1.55. The molecule has 5 aliphatic rings. The largest absolute Gasteiger partial charge is 0.507 e. The number of Topliss-reactive ketones (excluding diaryl/α,β-unsaturated/α-hetero) is 1. The summed E-state index contributed by atoms with van der Waals surface area (Å²) >= 11 is 0. The number of ether oxygens (including phenoxy) is 5. The number of ketones is 3. The van der Waals surface area contributed by atoms with Crippen LogP contribution in [0.15, 0.2) is 95.4 Å². The molecule has 10 rings (SSSR count). The van der Waals surface area contributed by atoms with E-state index >= 15 is 0 Å². The van der Waals surface area contributed by atoms with Gasteiger partial charge in [0.15, 0.2) is 17.9 Å². The number of aromatic hydroxyl groups is 2. The van der Waals surface area contributed by atoms with Crippen molar-refractivity contribution in [1.82, 2.24) is 20.6 Å². The molecule has 24 heteroatoms. The smallest absolute Gasteiger partial charge is 0.412 e. The Morgan fingerprint density at radius 3 is 2.20 bits per heavy atom. The number of phenols is 2. The van der Waals surface area contributed by atoms with E-state index in [2.05, 4.69) is 36.1 Å². The van der Waals surface area contributed by atoms with Gasteiger partial charge in [0, 0.05) is 73.0 Å². The average molecular weight is 1130 g/mol. The maximum atomic E-state index is 14.1. The zero-order valence-corrected chi connectivity index (χ0v) is 44.7. The number of aliphatic hydroxyl groups is 3. The summed E-state index contributed by atoms with van der Waals surface area (Å²) < 4.78 is 28.7. The standard InChI is InChI=1S/C58H60N8O16/c1-27-51(70)40(21-44(80-27)82-42-23-58(77,43(69)25-67)22-35-46(42)55(74)48-47(53(35)72)52(71)34-7-6-9-41(78-3)45(34)54(48)73)64-56(75)79-26-29-10-13-31(14-11-29)81-57(76)63-37-19-16-33-32(15-17-36(37)59)49(38-8-4-5-20-60-38)65-66-50(33)39-18-12-30(24-61-39)62-28(2)68/h4-14,18,20,24,27,32-33,36-37,40,42,44,51,67,70,72,74,77H,15-17,19,21-23,25-26,59H2,1-3H3,(H,62,68)(H,63,76)(H,64,75). The van der Waals surface area contributed by atoms with Gasteiger partial charge in [0.2, 0.25) is 11.7 Å². The lowest BCUT2D eigenvalue weighted by atomic mass is 9.72. The summed E-state index contributed by atoms with van der Waals surface area (Å²) in [4.78, 5) is 88.6. The highest BCUT2D eigenvalue weighted by Crippen LogP contribution is 2.53. The van der Waals surface area contributed by atoms with Crippen LogP contribution in [0.25, 0.3) is 0 Å². The molecule has 428 valence electrons. The molecular formula is C58H60N8O16. The highest BCUT2D eigenvalue weighted by Gasteiger charge is 2.51. The van der Waals surface area contributed by atoms with E-state index in [-0.39, 0.29) is 64.5 Å². The highest BCUT2D eigenvalue weighted by atomic mass is 16.7. The van der Waals surface area contributed by atoms with Crippen LogP contribution in [-0.4, -0.2) is 138 Å². The predicted octanol–water partition coefficient (Wildman–Crippen LogP) is 4.22. The molecule has 4 heterocycles. The molecule has 0 radical (unpaired) electrons. The van der Waals surface area contributed by atoms with E-state index in [1.165, 1.54) is 51.3 Å². The molecule has 82 heavy (non-hydrogen) atoms. The summed E-state index contributed by atoms with van der Waals surface area (Å²) in [7, 11) is 1.29. The monoisotopic (exact) mass is 1120 g/mol. The van der Waals surface area contributed by atoms with Gasteiger partial charge in [-0.1, -0.05) is 30.3 Å². The number of nitrogens with two attached hydrogens (primary N) is 1. The van der Waals surface area contributed by atoms with E-state index in [0.717, 1.165) is 5.71 Å². The van der Waals surface area contributed by atoms with Crippen molar-refractivity contribution in [3.63, 3.8) is 0 Å². The molecule has 3 aliphatic carbocycles. The quantitative estimate of drug-likeness (QED) is 0.0731. The van der Waals surface area contributed by atoms with Crippen LogP contribution in [-0.2, 0) is 36.8 Å². The number of pyridine rings is 2. The summed E-state index contributed by atoms with van der Waals surface area (Å²) in [6.07, 6.45) is -2.98. The Morgan fingerprint density at radius 1 is 0.817 bits per heavy atom. The second-order valence-electron chi connectivity index (χ2n) is 20.9. The Labute approximate surface area is 468 Å². The molecule has 1 saturated carbocycles. The molecule has 2 aliphatic heterocycles. The highest BCUT2D eigenvalue weighted by molar-refractivity contribution is 6.31. The van der Waals surface area contributed by atoms with E-state index in [1.54, 1.807) is 36.7 Å². The number of amides is 3. The van der Waals surface area contributed by atoms with Gasteiger partial charge in [0.1, 0.15) is 47.9 Å².